The summed E-state index contributed by atoms with van der Waals surface area (Å²) in [7, 11) is 1.95. The first-order valence-corrected chi connectivity index (χ1v) is 7.89. The first-order chi connectivity index (χ1) is 11.5. The molecule has 1 aromatic carbocycles. The van der Waals surface area contributed by atoms with Crippen molar-refractivity contribution in [2.24, 2.45) is 0 Å². The summed E-state index contributed by atoms with van der Waals surface area (Å²) in [4.78, 5) is 14.1. The summed E-state index contributed by atoms with van der Waals surface area (Å²) >= 11 is 0. The van der Waals surface area contributed by atoms with Crippen molar-refractivity contribution >= 4 is 11.0 Å². The van der Waals surface area contributed by atoms with Crippen LogP contribution in [0.4, 0.5) is 0 Å². The Bertz CT molecular complexity index is 873. The summed E-state index contributed by atoms with van der Waals surface area (Å²) in [6.07, 6.45) is 1.61. The summed E-state index contributed by atoms with van der Waals surface area (Å²) in [6, 6.07) is 6.13. The lowest BCUT2D eigenvalue weighted by Gasteiger charge is -2.18. The molecule has 2 aromatic heterocycles. The van der Waals surface area contributed by atoms with E-state index in [0.29, 0.717) is 29.9 Å². The lowest BCUT2D eigenvalue weighted by molar-refractivity contribution is 0.269. The van der Waals surface area contributed by atoms with E-state index in [1.165, 1.54) is 5.56 Å². The van der Waals surface area contributed by atoms with Gasteiger partial charge in [0.2, 0.25) is 0 Å². The number of aromatic hydroxyl groups is 1. The van der Waals surface area contributed by atoms with Gasteiger partial charge in [-0.25, -0.2) is 4.98 Å². The zero-order chi connectivity index (χ0) is 17.3. The highest BCUT2D eigenvalue weighted by Crippen LogP contribution is 2.25. The number of imidazole rings is 1. The van der Waals surface area contributed by atoms with Gasteiger partial charge in [0.1, 0.15) is 11.6 Å². The average Bonchev–Trinajstić information content (AvgIpc) is 2.93. The number of fused-ring (bicyclic) bond motifs is 1. The average molecular weight is 326 g/mol. The van der Waals surface area contributed by atoms with E-state index >= 15 is 0 Å². The predicted molar refractivity (Wildman–Crippen MR) is 92.6 cm³/mol. The molecule has 0 unspecified atom stereocenters. The normalized spacial score (nSPS) is 11.5. The topological polar surface area (TPSA) is 85.3 Å². The maximum atomic E-state index is 10.2. The monoisotopic (exact) mass is 326 g/mol. The van der Waals surface area contributed by atoms with Crippen LogP contribution in [0.25, 0.3) is 11.0 Å². The molecule has 0 aliphatic heterocycles. The second-order valence-electron chi connectivity index (χ2n) is 6.23. The number of nitrogens with zero attached hydrogens (tertiary/aromatic N) is 3. The first-order valence-electron chi connectivity index (χ1n) is 7.89. The molecule has 126 valence electrons. The van der Waals surface area contributed by atoms with E-state index in [1.807, 2.05) is 24.1 Å². The van der Waals surface area contributed by atoms with Crippen LogP contribution in [-0.4, -0.2) is 37.1 Å². The summed E-state index contributed by atoms with van der Waals surface area (Å²) in [5.74, 6) is 1.02. The van der Waals surface area contributed by atoms with E-state index < -0.39 is 0 Å². The van der Waals surface area contributed by atoms with Gasteiger partial charge in [-0.2, -0.15) is 0 Å². The van der Waals surface area contributed by atoms with Gasteiger partial charge in [0.05, 0.1) is 29.9 Å². The lowest BCUT2D eigenvalue weighted by Crippen LogP contribution is -2.19. The van der Waals surface area contributed by atoms with E-state index in [4.69, 9.17) is 0 Å². The molecule has 24 heavy (non-hydrogen) atoms. The summed E-state index contributed by atoms with van der Waals surface area (Å²) < 4.78 is 0. The molecule has 0 atom stereocenters. The highest BCUT2D eigenvalue weighted by molar-refractivity contribution is 5.75. The van der Waals surface area contributed by atoms with Crippen molar-refractivity contribution in [1.29, 1.82) is 0 Å². The first kappa shape index (κ1) is 16.4. The number of pyridine rings is 1. The maximum absolute atomic E-state index is 10.2. The number of aryl methyl sites for hydroxylation is 2. The molecule has 0 aliphatic rings. The smallest absolute Gasteiger partial charge is 0.141 e. The van der Waals surface area contributed by atoms with Crippen LogP contribution in [0.2, 0.25) is 0 Å². The molecule has 0 radical (unpaired) electrons. The fraction of sp³-hybridized carbons (Fsp3) is 0.333. The fourth-order valence-electron chi connectivity index (χ4n) is 2.83. The van der Waals surface area contributed by atoms with Gasteiger partial charge >= 0.3 is 0 Å². The fourth-order valence-corrected chi connectivity index (χ4v) is 2.83. The van der Waals surface area contributed by atoms with Crippen LogP contribution in [0, 0.1) is 13.8 Å². The molecule has 0 fully saturated rings. The maximum Gasteiger partial charge on any atom is 0.141 e. The molecule has 3 aromatic rings. The molecule has 2 heterocycles. The van der Waals surface area contributed by atoms with Crippen LogP contribution in [0.3, 0.4) is 0 Å². The van der Waals surface area contributed by atoms with E-state index in [9.17, 15) is 10.2 Å². The molecule has 0 aliphatic carbocycles. The van der Waals surface area contributed by atoms with Crippen molar-refractivity contribution in [1.82, 2.24) is 19.9 Å². The van der Waals surface area contributed by atoms with Gasteiger partial charge in [0, 0.05) is 23.9 Å². The van der Waals surface area contributed by atoms with Crippen molar-refractivity contribution in [2.45, 2.75) is 33.5 Å². The molecule has 0 spiro atoms. The summed E-state index contributed by atoms with van der Waals surface area (Å²) in [6.45, 7) is 4.77. The number of aliphatic hydroxyl groups is 1. The van der Waals surface area contributed by atoms with E-state index in [0.717, 1.165) is 16.9 Å². The van der Waals surface area contributed by atoms with Crippen molar-refractivity contribution < 1.29 is 10.2 Å². The molecule has 6 nitrogen and oxygen atoms in total. The third-order valence-electron chi connectivity index (χ3n) is 4.13. The van der Waals surface area contributed by atoms with Crippen molar-refractivity contribution in [3.63, 3.8) is 0 Å². The molecule has 0 bridgehead atoms. The van der Waals surface area contributed by atoms with Crippen LogP contribution in [0.5, 0.6) is 5.75 Å². The Morgan fingerprint density at radius 2 is 2.00 bits per heavy atom. The van der Waals surface area contributed by atoms with Gasteiger partial charge in [0.25, 0.3) is 0 Å². The van der Waals surface area contributed by atoms with Gasteiger partial charge in [-0.3, -0.25) is 9.88 Å². The molecule has 6 heteroatoms. The Labute approximate surface area is 140 Å². The minimum absolute atomic E-state index is 0.145. The highest BCUT2D eigenvalue weighted by Gasteiger charge is 2.14. The molecule has 3 rings (SSSR count). The van der Waals surface area contributed by atoms with Gasteiger partial charge in [-0.05, 0) is 38.6 Å². The summed E-state index contributed by atoms with van der Waals surface area (Å²) in [5, 5.41) is 19.7. The van der Waals surface area contributed by atoms with E-state index in [2.05, 4.69) is 27.9 Å². The predicted octanol–water partition coefficient (Wildman–Crippen LogP) is 2.40. The quantitative estimate of drug-likeness (QED) is 0.670. The van der Waals surface area contributed by atoms with Crippen molar-refractivity contribution in [3.8, 4) is 5.75 Å². The van der Waals surface area contributed by atoms with Crippen LogP contribution >= 0.6 is 0 Å². The number of nitrogens with one attached hydrogen (secondary N) is 1. The number of H-pyrrole nitrogens is 1. The van der Waals surface area contributed by atoms with Crippen molar-refractivity contribution in [2.75, 3.05) is 7.05 Å². The molecular weight excluding hydrogens is 304 g/mol. The number of aromatic nitrogens is 3. The molecule has 3 N–H and O–H groups in total. The molecular formula is C18H22N4O2. The number of hydrogen-bond acceptors (Lipinski definition) is 5. The summed E-state index contributed by atoms with van der Waals surface area (Å²) in [5.41, 5.74) is 5.08. The van der Waals surface area contributed by atoms with Gasteiger partial charge in [0.15, 0.2) is 0 Å². The minimum Gasteiger partial charge on any atom is -0.506 e. The molecule has 0 amide bonds. The zero-order valence-electron chi connectivity index (χ0n) is 14.2. The van der Waals surface area contributed by atoms with E-state index in [-0.39, 0.29) is 12.4 Å². The third-order valence-corrected chi connectivity index (χ3v) is 4.13. The Morgan fingerprint density at radius 1 is 1.21 bits per heavy atom. The Hall–Kier alpha value is -2.44. The number of hydrogen-bond donors (Lipinski definition) is 3. The van der Waals surface area contributed by atoms with Gasteiger partial charge in [-0.1, -0.05) is 6.07 Å². The lowest BCUT2D eigenvalue weighted by atomic mass is 10.1. The molecule has 0 saturated carbocycles. The zero-order valence-corrected chi connectivity index (χ0v) is 14.2. The van der Waals surface area contributed by atoms with Crippen LogP contribution in [-0.2, 0) is 19.7 Å². The largest absolute Gasteiger partial charge is 0.506 e. The van der Waals surface area contributed by atoms with Crippen molar-refractivity contribution in [3.05, 3.63) is 52.6 Å². The van der Waals surface area contributed by atoms with Gasteiger partial charge in [-0.15, -0.1) is 0 Å². The van der Waals surface area contributed by atoms with Gasteiger partial charge < -0.3 is 15.2 Å². The highest BCUT2D eigenvalue weighted by atomic mass is 16.3. The SMILES string of the molecule is Cc1ccc2nc(CN(C)Cc3c(CO)cnc(C)c3O)[nH]c2c1. The second kappa shape index (κ2) is 6.59. The van der Waals surface area contributed by atoms with Crippen LogP contribution in [0.15, 0.2) is 24.4 Å². The van der Waals surface area contributed by atoms with Crippen LogP contribution < -0.4 is 0 Å². The standard InChI is InChI=1S/C18H22N4O2/c1-11-4-5-15-16(6-11)21-17(20-15)9-22(3)8-14-13(10-23)7-19-12(2)18(14)24/h4-7,23-24H,8-10H2,1-3H3,(H,20,21). The third kappa shape index (κ3) is 3.25. The molecule has 0 saturated heterocycles. The second-order valence-corrected chi connectivity index (χ2v) is 6.23. The Balaban J connectivity index is 1.80. The Kier molecular flexibility index (Phi) is 4.51. The number of rotatable bonds is 5. The Morgan fingerprint density at radius 3 is 2.75 bits per heavy atom. The number of aliphatic hydroxyl groups excluding tert-OH is 1. The van der Waals surface area contributed by atoms with Crippen LogP contribution in [0.1, 0.15) is 28.2 Å². The minimum atomic E-state index is -0.145. The van der Waals surface area contributed by atoms with E-state index in [1.54, 1.807) is 13.1 Å². The number of aromatic amines is 1. The number of benzene rings is 1.